The van der Waals surface area contributed by atoms with E-state index >= 15 is 0 Å². The summed E-state index contributed by atoms with van der Waals surface area (Å²) in [7, 11) is -0.552. The number of hydrogen-bond donors (Lipinski definition) is 4. The number of carboxylic acid groups (broad SMARTS) is 2. The van der Waals surface area contributed by atoms with Gasteiger partial charge in [0, 0.05) is 17.9 Å². The third-order valence-corrected chi connectivity index (χ3v) is 3.42. The summed E-state index contributed by atoms with van der Waals surface area (Å²) >= 11 is 0. The number of anilines is 1. The molecule has 0 unspecified atom stereocenters. The Kier molecular flexibility index (Phi) is 5.51. The van der Waals surface area contributed by atoms with E-state index in [0.717, 1.165) is 0 Å². The van der Waals surface area contributed by atoms with Crippen molar-refractivity contribution in [3.05, 3.63) is 12.4 Å². The van der Waals surface area contributed by atoms with Crippen molar-refractivity contribution in [2.45, 2.75) is 38.9 Å². The van der Waals surface area contributed by atoms with Crippen LogP contribution in [0.2, 0.25) is 0 Å². The average Bonchev–Trinajstić information content (AvgIpc) is 2.58. The highest BCUT2D eigenvalue weighted by Gasteiger charge is 2.51. The van der Waals surface area contributed by atoms with Crippen LogP contribution in [0, 0.1) is 0 Å². The Balaban J connectivity index is 0.000000593. The number of nitrogens with one attached hydrogen (secondary N) is 1. The van der Waals surface area contributed by atoms with Gasteiger partial charge in [-0.2, -0.15) is 0 Å². The Morgan fingerprint density at radius 1 is 1.13 bits per heavy atom. The third kappa shape index (κ3) is 5.07. The molecule has 2 heterocycles. The minimum Gasteiger partial charge on any atom is -0.465 e. The number of rotatable bonds is 2. The van der Waals surface area contributed by atoms with Crippen molar-refractivity contribution < 1.29 is 29.1 Å². The molecule has 1 saturated heterocycles. The van der Waals surface area contributed by atoms with Crippen molar-refractivity contribution >= 4 is 30.7 Å². The lowest BCUT2D eigenvalue weighted by molar-refractivity contribution is 0.00578. The maximum absolute atomic E-state index is 10.4. The first-order valence-electron chi connectivity index (χ1n) is 6.60. The minimum absolute atomic E-state index is 0.0211. The van der Waals surface area contributed by atoms with E-state index in [1.807, 2.05) is 27.7 Å². The fraction of sp³-hybridized carbons (Fsp3) is 0.500. The molecule has 1 fully saturated rings. The summed E-state index contributed by atoms with van der Waals surface area (Å²) in [5.41, 5.74) is 3.81. The van der Waals surface area contributed by atoms with Gasteiger partial charge in [0.2, 0.25) is 5.95 Å². The lowest BCUT2D eigenvalue weighted by Crippen LogP contribution is -2.41. The minimum atomic E-state index is -1.33. The highest BCUT2D eigenvalue weighted by Crippen LogP contribution is 2.36. The van der Waals surface area contributed by atoms with Crippen LogP contribution in [0.3, 0.4) is 0 Å². The maximum Gasteiger partial charge on any atom is 0.498 e. The van der Waals surface area contributed by atoms with Gasteiger partial charge in [0.15, 0.2) is 0 Å². The van der Waals surface area contributed by atoms with Crippen LogP contribution in [0.25, 0.3) is 0 Å². The van der Waals surface area contributed by atoms with Gasteiger partial charge < -0.3 is 25.3 Å². The van der Waals surface area contributed by atoms with Crippen LogP contribution >= 0.6 is 0 Å². The molecule has 0 saturated carbocycles. The predicted octanol–water partition coefficient (Wildman–Crippen LogP) is 0.489. The number of nitrogens with two attached hydrogens (primary N) is 1. The van der Waals surface area contributed by atoms with Crippen molar-refractivity contribution in [2.24, 2.45) is 5.73 Å². The van der Waals surface area contributed by atoms with E-state index in [9.17, 15) is 4.79 Å². The van der Waals surface area contributed by atoms with Crippen LogP contribution in [0.5, 0.6) is 0 Å². The lowest BCUT2D eigenvalue weighted by atomic mass is 9.81. The molecule has 1 aliphatic heterocycles. The molecule has 10 nitrogen and oxygen atoms in total. The first-order valence-corrected chi connectivity index (χ1v) is 6.60. The summed E-state index contributed by atoms with van der Waals surface area (Å²) < 4.78 is 11.7. The summed E-state index contributed by atoms with van der Waals surface area (Å²) in [4.78, 5) is 27.0. The molecule has 0 radical (unpaired) electrons. The second-order valence-electron chi connectivity index (χ2n) is 5.70. The summed E-state index contributed by atoms with van der Waals surface area (Å²) in [6, 6.07) is 0. The van der Waals surface area contributed by atoms with Gasteiger partial charge in [-0.15, -0.1) is 0 Å². The van der Waals surface area contributed by atoms with E-state index in [2.05, 4.69) is 21.0 Å². The number of hydrogen-bond acceptors (Lipinski definition) is 6. The van der Waals surface area contributed by atoms with E-state index in [-0.39, 0.29) is 5.95 Å². The van der Waals surface area contributed by atoms with Crippen LogP contribution in [0.15, 0.2) is 12.4 Å². The first kappa shape index (κ1) is 18.7. The van der Waals surface area contributed by atoms with Gasteiger partial charge in [-0.05, 0) is 27.7 Å². The Morgan fingerprint density at radius 3 is 1.87 bits per heavy atom. The van der Waals surface area contributed by atoms with Gasteiger partial charge in [-0.3, -0.25) is 5.32 Å². The van der Waals surface area contributed by atoms with Crippen molar-refractivity contribution in [3.63, 3.8) is 0 Å². The molecule has 0 aliphatic carbocycles. The predicted molar refractivity (Wildman–Crippen MR) is 81.6 cm³/mol. The highest BCUT2D eigenvalue weighted by atomic mass is 16.7. The zero-order valence-electron chi connectivity index (χ0n) is 13.2. The van der Waals surface area contributed by atoms with Crippen LogP contribution in [0.4, 0.5) is 15.5 Å². The molecule has 1 aromatic rings. The van der Waals surface area contributed by atoms with E-state index < -0.39 is 30.5 Å². The molecule has 1 aromatic heterocycles. The summed E-state index contributed by atoms with van der Waals surface area (Å²) in [6.45, 7) is 7.81. The van der Waals surface area contributed by atoms with Gasteiger partial charge in [0.25, 0.3) is 0 Å². The SMILES string of the molecule is CC1(C)OB(c2cnc(NC(=O)O)nc2)OC1(C)C.NC(=O)O. The standard InChI is InChI=1S/C11H16BN3O4.CH3NO2/c1-10(2)11(3,4)19-12(18-10)7-5-13-8(14-6-7)15-9(16)17;2-1(3)4/h5-6H,1-4H3,(H,16,17)(H,13,14,15);2H2,(H,3,4). The number of amides is 2. The van der Waals surface area contributed by atoms with Crippen molar-refractivity contribution in [1.29, 1.82) is 0 Å². The molecule has 11 heteroatoms. The summed E-state index contributed by atoms with van der Waals surface area (Å²) in [5.74, 6) is 0.0211. The molecule has 0 aromatic carbocycles. The molecule has 23 heavy (non-hydrogen) atoms. The topological polar surface area (TPSA) is 157 Å². The Labute approximate surface area is 133 Å². The van der Waals surface area contributed by atoms with Crippen LogP contribution in [-0.4, -0.2) is 50.7 Å². The molecule has 5 N–H and O–H groups in total. The summed E-state index contributed by atoms with van der Waals surface area (Å²) in [6.07, 6.45) is 0.435. The zero-order valence-corrected chi connectivity index (χ0v) is 13.2. The second kappa shape index (κ2) is 6.79. The Hall–Kier alpha value is -2.40. The van der Waals surface area contributed by atoms with E-state index in [0.29, 0.717) is 5.46 Å². The monoisotopic (exact) mass is 326 g/mol. The molecule has 126 valence electrons. The number of aromatic nitrogens is 2. The number of primary amides is 1. The average molecular weight is 326 g/mol. The lowest BCUT2D eigenvalue weighted by Gasteiger charge is -2.32. The fourth-order valence-corrected chi connectivity index (χ4v) is 1.60. The first-order chi connectivity index (χ1) is 10.4. The third-order valence-electron chi connectivity index (χ3n) is 3.42. The van der Waals surface area contributed by atoms with Gasteiger partial charge in [0.05, 0.1) is 11.2 Å². The Morgan fingerprint density at radius 2 is 1.52 bits per heavy atom. The van der Waals surface area contributed by atoms with Crippen LogP contribution in [-0.2, 0) is 9.31 Å². The van der Waals surface area contributed by atoms with Gasteiger partial charge >= 0.3 is 19.3 Å². The molecule has 2 rings (SSSR count). The summed E-state index contributed by atoms with van der Waals surface area (Å²) in [5, 5.41) is 17.8. The smallest absolute Gasteiger partial charge is 0.465 e. The normalized spacial score (nSPS) is 17.8. The molecular weight excluding hydrogens is 307 g/mol. The van der Waals surface area contributed by atoms with Gasteiger partial charge in [-0.1, -0.05) is 0 Å². The fourth-order valence-electron chi connectivity index (χ4n) is 1.60. The van der Waals surface area contributed by atoms with E-state index in [1.54, 1.807) is 0 Å². The Bertz CT molecular complexity index is 557. The van der Waals surface area contributed by atoms with Crippen molar-refractivity contribution in [3.8, 4) is 0 Å². The van der Waals surface area contributed by atoms with Crippen molar-refractivity contribution in [1.82, 2.24) is 9.97 Å². The zero-order chi connectivity index (χ0) is 17.8. The van der Waals surface area contributed by atoms with Gasteiger partial charge in [-0.25, -0.2) is 19.6 Å². The maximum atomic E-state index is 10.4. The molecule has 0 bridgehead atoms. The molecule has 0 spiro atoms. The number of carbonyl (C=O) groups is 2. The van der Waals surface area contributed by atoms with E-state index in [1.165, 1.54) is 12.4 Å². The quantitative estimate of drug-likeness (QED) is 0.572. The highest BCUT2D eigenvalue weighted by molar-refractivity contribution is 6.61. The van der Waals surface area contributed by atoms with Crippen molar-refractivity contribution in [2.75, 3.05) is 5.32 Å². The molecule has 1 aliphatic rings. The largest absolute Gasteiger partial charge is 0.498 e. The number of nitrogens with zero attached hydrogens (tertiary/aromatic N) is 2. The second-order valence-corrected chi connectivity index (χ2v) is 5.70. The van der Waals surface area contributed by atoms with Crippen LogP contribution in [0.1, 0.15) is 27.7 Å². The molecular formula is C12H19BN4O6. The molecule has 2 amide bonds. The van der Waals surface area contributed by atoms with E-state index in [4.69, 9.17) is 24.3 Å². The molecule has 0 atom stereocenters. The van der Waals surface area contributed by atoms with Crippen LogP contribution < -0.4 is 16.5 Å². The van der Waals surface area contributed by atoms with Gasteiger partial charge in [0.1, 0.15) is 0 Å².